The zero-order chi connectivity index (χ0) is 14.1. The van der Waals surface area contributed by atoms with Crippen LogP contribution in [0.4, 0.5) is 14.6 Å². The molecule has 0 radical (unpaired) electrons. The number of alkyl halides is 2. The lowest BCUT2D eigenvalue weighted by Gasteiger charge is -2.18. The van der Waals surface area contributed by atoms with Crippen molar-refractivity contribution in [2.24, 2.45) is 5.41 Å². The number of fused-ring (bicyclic) bond motifs is 1. The second-order valence-corrected chi connectivity index (χ2v) is 6.30. The third kappa shape index (κ3) is 1.58. The Bertz CT molecular complexity index is 705. The fraction of sp³-hybridized carbons (Fsp3) is 0.500. The van der Waals surface area contributed by atoms with Gasteiger partial charge in [-0.25, -0.2) is 13.8 Å². The minimum atomic E-state index is -2.67. The summed E-state index contributed by atoms with van der Waals surface area (Å²) in [6.45, 7) is -0.00710. The van der Waals surface area contributed by atoms with E-state index < -0.39 is 11.3 Å². The molecule has 1 aliphatic heterocycles. The number of rotatable bonds is 1. The largest absolute Gasteiger partial charge is 0.350 e. The molecule has 2 fully saturated rings. The van der Waals surface area contributed by atoms with Crippen LogP contribution in [0.2, 0.25) is 10.2 Å². The molecule has 1 saturated heterocycles. The Kier molecular flexibility index (Phi) is 2.35. The average molecular weight is 319 g/mol. The van der Waals surface area contributed by atoms with Crippen LogP contribution in [-0.2, 0) is 0 Å². The maximum absolute atomic E-state index is 14.1. The summed E-state index contributed by atoms with van der Waals surface area (Å²) in [5, 5.41) is 4.66. The number of halogens is 4. The van der Waals surface area contributed by atoms with Crippen LogP contribution in [0, 0.1) is 5.41 Å². The fourth-order valence-electron chi connectivity index (χ4n) is 2.90. The van der Waals surface area contributed by atoms with E-state index in [1.165, 1.54) is 10.7 Å². The van der Waals surface area contributed by atoms with Crippen molar-refractivity contribution in [2.75, 3.05) is 18.0 Å². The molecule has 1 saturated carbocycles. The van der Waals surface area contributed by atoms with Crippen molar-refractivity contribution in [1.82, 2.24) is 14.6 Å². The van der Waals surface area contributed by atoms with Gasteiger partial charge in [-0.1, -0.05) is 23.2 Å². The number of hydrogen-bond acceptors (Lipinski definition) is 3. The Morgan fingerprint density at radius 3 is 2.60 bits per heavy atom. The van der Waals surface area contributed by atoms with Crippen molar-refractivity contribution in [3.63, 3.8) is 0 Å². The Morgan fingerprint density at radius 1 is 1.20 bits per heavy atom. The smallest absolute Gasteiger partial charge is 0.272 e. The highest BCUT2D eigenvalue weighted by Crippen LogP contribution is 2.61. The monoisotopic (exact) mass is 318 g/mol. The molecule has 0 N–H and O–H groups in total. The van der Waals surface area contributed by atoms with Crippen LogP contribution in [0.15, 0.2) is 12.3 Å². The van der Waals surface area contributed by atoms with Gasteiger partial charge in [0.2, 0.25) is 0 Å². The molecule has 4 nitrogen and oxygen atoms in total. The molecule has 0 bridgehead atoms. The first-order chi connectivity index (χ1) is 9.42. The molecule has 0 atom stereocenters. The van der Waals surface area contributed by atoms with E-state index in [-0.39, 0.29) is 11.7 Å². The van der Waals surface area contributed by atoms with Crippen LogP contribution in [-0.4, -0.2) is 33.6 Å². The SMILES string of the molecule is FC1(F)CN(c2cc(Cl)nc3c(Cl)cnn23)CC12CC2. The Balaban J connectivity index is 1.84. The predicted molar refractivity (Wildman–Crippen MR) is 71.8 cm³/mol. The quantitative estimate of drug-likeness (QED) is 0.757. The van der Waals surface area contributed by atoms with Crippen molar-refractivity contribution in [3.8, 4) is 0 Å². The molecule has 2 aliphatic rings. The number of anilines is 1. The number of nitrogens with zero attached hydrogens (tertiary/aromatic N) is 4. The minimum absolute atomic E-state index is 0.218. The molecule has 4 rings (SSSR count). The molecule has 3 heterocycles. The third-order valence-electron chi connectivity index (χ3n) is 4.22. The van der Waals surface area contributed by atoms with Gasteiger partial charge in [-0.2, -0.15) is 9.61 Å². The van der Waals surface area contributed by atoms with Gasteiger partial charge in [0.15, 0.2) is 5.65 Å². The molecule has 1 spiro atoms. The van der Waals surface area contributed by atoms with Gasteiger partial charge in [0, 0.05) is 12.6 Å². The van der Waals surface area contributed by atoms with E-state index in [2.05, 4.69) is 10.1 Å². The zero-order valence-electron chi connectivity index (χ0n) is 10.3. The van der Waals surface area contributed by atoms with Gasteiger partial charge in [0.25, 0.3) is 5.92 Å². The van der Waals surface area contributed by atoms with E-state index >= 15 is 0 Å². The van der Waals surface area contributed by atoms with Gasteiger partial charge >= 0.3 is 0 Å². The molecular formula is C12H10Cl2F2N4. The standard InChI is InChI=1S/C12H10Cl2F2N4/c13-7-4-17-20-9(3-8(14)18-10(7)20)19-5-11(1-2-11)12(15,16)6-19/h3-4H,1-2,5-6H2. The summed E-state index contributed by atoms with van der Waals surface area (Å²) in [6, 6.07) is 1.55. The molecule has 20 heavy (non-hydrogen) atoms. The summed E-state index contributed by atoms with van der Waals surface area (Å²) in [7, 11) is 0. The normalized spacial score (nSPS) is 22.9. The maximum atomic E-state index is 14.1. The van der Waals surface area contributed by atoms with E-state index in [0.29, 0.717) is 35.9 Å². The summed E-state index contributed by atoms with van der Waals surface area (Å²) >= 11 is 11.9. The summed E-state index contributed by atoms with van der Waals surface area (Å²) in [4.78, 5) is 5.70. The second kappa shape index (κ2) is 3.74. The van der Waals surface area contributed by atoms with E-state index in [1.54, 1.807) is 11.0 Å². The van der Waals surface area contributed by atoms with E-state index in [1.807, 2.05) is 0 Å². The number of hydrogen-bond donors (Lipinski definition) is 0. The molecule has 2 aromatic rings. The highest BCUT2D eigenvalue weighted by atomic mass is 35.5. The van der Waals surface area contributed by atoms with Gasteiger partial charge in [-0.05, 0) is 12.8 Å². The fourth-order valence-corrected chi connectivity index (χ4v) is 3.24. The predicted octanol–water partition coefficient (Wildman–Crippen LogP) is 3.27. The van der Waals surface area contributed by atoms with Crippen molar-refractivity contribution >= 4 is 34.7 Å². The van der Waals surface area contributed by atoms with Crippen molar-refractivity contribution < 1.29 is 8.78 Å². The average Bonchev–Trinajstić information content (AvgIpc) is 3.01. The third-order valence-corrected chi connectivity index (χ3v) is 4.68. The molecule has 106 valence electrons. The van der Waals surface area contributed by atoms with E-state index in [0.717, 1.165) is 0 Å². The van der Waals surface area contributed by atoms with Gasteiger partial charge in [-0.3, -0.25) is 0 Å². The lowest BCUT2D eigenvalue weighted by atomic mass is 10.0. The topological polar surface area (TPSA) is 33.4 Å². The highest BCUT2D eigenvalue weighted by molar-refractivity contribution is 6.34. The minimum Gasteiger partial charge on any atom is -0.350 e. The van der Waals surface area contributed by atoms with Gasteiger partial charge in [-0.15, -0.1) is 0 Å². The van der Waals surface area contributed by atoms with Crippen molar-refractivity contribution in [2.45, 2.75) is 18.8 Å². The first-order valence-corrected chi connectivity index (χ1v) is 7.00. The maximum Gasteiger partial charge on any atom is 0.272 e. The first kappa shape index (κ1) is 12.6. The summed E-state index contributed by atoms with van der Waals surface area (Å²) in [6.07, 6.45) is 2.57. The summed E-state index contributed by atoms with van der Waals surface area (Å²) < 4.78 is 29.6. The summed E-state index contributed by atoms with van der Waals surface area (Å²) in [5.74, 6) is -2.17. The van der Waals surface area contributed by atoms with Crippen molar-refractivity contribution in [1.29, 1.82) is 0 Å². The lowest BCUT2D eigenvalue weighted by Crippen LogP contribution is -2.29. The Morgan fingerprint density at radius 2 is 1.95 bits per heavy atom. The molecule has 0 aromatic carbocycles. The van der Waals surface area contributed by atoms with Crippen LogP contribution in [0.3, 0.4) is 0 Å². The highest BCUT2D eigenvalue weighted by Gasteiger charge is 2.67. The van der Waals surface area contributed by atoms with Crippen LogP contribution >= 0.6 is 23.2 Å². The second-order valence-electron chi connectivity index (χ2n) is 5.51. The van der Waals surface area contributed by atoms with Gasteiger partial charge in [0.1, 0.15) is 16.0 Å². The number of aromatic nitrogens is 3. The first-order valence-electron chi connectivity index (χ1n) is 6.24. The van der Waals surface area contributed by atoms with Crippen LogP contribution in [0.1, 0.15) is 12.8 Å². The van der Waals surface area contributed by atoms with Crippen molar-refractivity contribution in [3.05, 3.63) is 22.4 Å². The van der Waals surface area contributed by atoms with Crippen LogP contribution in [0.25, 0.3) is 5.65 Å². The molecular weight excluding hydrogens is 309 g/mol. The molecule has 2 aromatic heterocycles. The van der Waals surface area contributed by atoms with Crippen LogP contribution < -0.4 is 4.90 Å². The van der Waals surface area contributed by atoms with E-state index in [9.17, 15) is 8.78 Å². The molecule has 1 aliphatic carbocycles. The Labute approximate surface area is 123 Å². The van der Waals surface area contributed by atoms with Gasteiger partial charge < -0.3 is 4.90 Å². The Hall–Kier alpha value is -1.14. The van der Waals surface area contributed by atoms with Crippen LogP contribution in [0.5, 0.6) is 0 Å². The van der Waals surface area contributed by atoms with E-state index in [4.69, 9.17) is 23.2 Å². The molecule has 8 heteroatoms. The molecule has 0 amide bonds. The molecule has 0 unspecified atom stereocenters. The van der Waals surface area contributed by atoms with Gasteiger partial charge in [0.05, 0.1) is 18.2 Å². The lowest BCUT2D eigenvalue weighted by molar-refractivity contribution is -0.0334. The zero-order valence-corrected chi connectivity index (χ0v) is 11.8. The summed E-state index contributed by atoms with van der Waals surface area (Å²) in [5.41, 5.74) is -0.485.